The molecule has 240 valence electrons. The van der Waals surface area contributed by atoms with E-state index in [2.05, 4.69) is 27.9 Å². The molecule has 44 heavy (non-hydrogen) atoms. The van der Waals surface area contributed by atoms with Crippen molar-refractivity contribution in [2.75, 3.05) is 41.0 Å². The summed E-state index contributed by atoms with van der Waals surface area (Å²) in [6, 6.07) is 7.94. The first-order valence-corrected chi connectivity index (χ1v) is 15.4. The quantitative estimate of drug-likeness (QED) is 0.161. The zero-order valence-electron chi connectivity index (χ0n) is 25.4. The predicted molar refractivity (Wildman–Crippen MR) is 173 cm³/mol. The van der Waals surface area contributed by atoms with E-state index < -0.39 is 24.2 Å². The van der Waals surface area contributed by atoms with Crippen LogP contribution in [0.15, 0.2) is 54.1 Å². The molecule has 2 aromatic carbocycles. The summed E-state index contributed by atoms with van der Waals surface area (Å²) in [6.45, 7) is 1.71. The molecule has 0 fully saturated rings. The number of aliphatic hydroxyl groups is 3. The van der Waals surface area contributed by atoms with Crippen LogP contribution < -0.4 is 24.3 Å². The Morgan fingerprint density at radius 2 is 1.84 bits per heavy atom. The van der Waals surface area contributed by atoms with Crippen LogP contribution in [0.25, 0.3) is 0 Å². The highest BCUT2D eigenvalue weighted by Crippen LogP contribution is 2.37. The van der Waals surface area contributed by atoms with E-state index in [1.165, 1.54) is 13.2 Å². The average molecular weight is 725 g/mol. The third-order valence-electron chi connectivity index (χ3n) is 7.23. The minimum absolute atomic E-state index is 0.0424. The molecule has 0 bridgehead atoms. The van der Waals surface area contributed by atoms with Gasteiger partial charge in [-0.1, -0.05) is 13.0 Å². The van der Waals surface area contributed by atoms with Crippen LogP contribution >= 0.6 is 22.6 Å². The number of rotatable bonds is 15. The zero-order valence-corrected chi connectivity index (χ0v) is 27.6. The van der Waals surface area contributed by atoms with Crippen molar-refractivity contribution in [2.45, 2.75) is 51.0 Å². The molecule has 1 aliphatic rings. The Labute approximate surface area is 271 Å². The second kappa shape index (κ2) is 17.2. The molecule has 11 nitrogen and oxygen atoms in total. The van der Waals surface area contributed by atoms with Crippen LogP contribution in [0.4, 0.5) is 0 Å². The third kappa shape index (κ3) is 8.87. The molecule has 0 aromatic heterocycles. The lowest BCUT2D eigenvalue weighted by atomic mass is 9.87. The number of nitrogens with zero attached hydrogens (tertiary/aromatic N) is 1. The van der Waals surface area contributed by atoms with Gasteiger partial charge < -0.3 is 44.5 Å². The first-order valence-electron chi connectivity index (χ1n) is 14.3. The minimum Gasteiger partial charge on any atom is -0.497 e. The lowest BCUT2D eigenvalue weighted by Crippen LogP contribution is -2.55. The number of amides is 2. The normalized spacial score (nSPS) is 18.0. The molecule has 0 saturated heterocycles. The largest absolute Gasteiger partial charge is 0.497 e. The van der Waals surface area contributed by atoms with Crippen molar-refractivity contribution in [3.8, 4) is 23.0 Å². The Kier molecular flexibility index (Phi) is 13.8. The van der Waals surface area contributed by atoms with Crippen molar-refractivity contribution in [1.82, 2.24) is 10.2 Å². The van der Waals surface area contributed by atoms with Crippen molar-refractivity contribution < 1.29 is 43.9 Å². The van der Waals surface area contributed by atoms with E-state index in [1.54, 1.807) is 55.5 Å². The molecule has 0 spiro atoms. The number of benzene rings is 2. The molecule has 0 radical (unpaired) electrons. The van der Waals surface area contributed by atoms with E-state index >= 15 is 0 Å². The van der Waals surface area contributed by atoms with Crippen LogP contribution in [-0.2, 0) is 22.6 Å². The van der Waals surface area contributed by atoms with Gasteiger partial charge in [-0.2, -0.15) is 0 Å². The predicted octanol–water partition coefficient (Wildman–Crippen LogP) is 2.76. The summed E-state index contributed by atoms with van der Waals surface area (Å²) >= 11 is 2.05. The molecule has 0 aliphatic heterocycles. The maximum absolute atomic E-state index is 13.6. The fourth-order valence-electron chi connectivity index (χ4n) is 4.97. The summed E-state index contributed by atoms with van der Waals surface area (Å²) < 4.78 is 23.4. The molecule has 4 N–H and O–H groups in total. The topological polar surface area (TPSA) is 147 Å². The summed E-state index contributed by atoms with van der Waals surface area (Å²) in [5.41, 5.74) is 1.73. The van der Waals surface area contributed by atoms with Crippen molar-refractivity contribution in [3.63, 3.8) is 0 Å². The van der Waals surface area contributed by atoms with Gasteiger partial charge in [0, 0.05) is 25.1 Å². The average Bonchev–Trinajstić information content (AvgIpc) is 3.04. The molecular weight excluding hydrogens is 683 g/mol. The van der Waals surface area contributed by atoms with Crippen molar-refractivity contribution in [3.05, 3.63) is 68.8 Å². The van der Waals surface area contributed by atoms with Gasteiger partial charge in [0.05, 0.1) is 44.2 Å². The first-order chi connectivity index (χ1) is 21.2. The van der Waals surface area contributed by atoms with E-state index in [4.69, 9.17) is 18.9 Å². The number of methoxy groups -OCH3 is 3. The zero-order chi connectivity index (χ0) is 32.2. The van der Waals surface area contributed by atoms with Crippen LogP contribution in [0.1, 0.15) is 30.9 Å². The molecule has 3 rings (SSSR count). The molecule has 0 saturated carbocycles. The van der Waals surface area contributed by atoms with E-state index in [9.17, 15) is 24.9 Å². The number of allylic oxidation sites excluding steroid dienone is 1. The fourth-order valence-corrected chi connectivity index (χ4v) is 5.76. The van der Waals surface area contributed by atoms with Crippen LogP contribution in [0.2, 0.25) is 0 Å². The maximum Gasteiger partial charge on any atom is 0.247 e. The van der Waals surface area contributed by atoms with Crippen LogP contribution in [0, 0.1) is 3.57 Å². The van der Waals surface area contributed by atoms with Crippen LogP contribution in [-0.4, -0.2) is 91.3 Å². The first kappa shape index (κ1) is 35.2. The molecule has 2 aromatic rings. The molecule has 2 amide bonds. The number of aliphatic hydroxyl groups excluding tert-OH is 3. The number of nitrogens with one attached hydrogen (secondary N) is 1. The summed E-state index contributed by atoms with van der Waals surface area (Å²) in [5.74, 6) is 1.17. The van der Waals surface area contributed by atoms with Gasteiger partial charge in [0.15, 0.2) is 11.5 Å². The molecule has 1 aliphatic carbocycles. The number of carbonyl (C=O) groups is 2. The minimum atomic E-state index is -1.23. The summed E-state index contributed by atoms with van der Waals surface area (Å²) in [7, 11) is 4.60. The van der Waals surface area contributed by atoms with E-state index in [0.717, 1.165) is 5.56 Å². The van der Waals surface area contributed by atoms with Gasteiger partial charge in [0.2, 0.25) is 11.8 Å². The van der Waals surface area contributed by atoms with Crippen molar-refractivity contribution >= 4 is 34.4 Å². The van der Waals surface area contributed by atoms with Crippen molar-refractivity contribution in [2.24, 2.45) is 0 Å². The lowest BCUT2D eigenvalue weighted by molar-refractivity contribution is -0.133. The maximum atomic E-state index is 13.6. The smallest absolute Gasteiger partial charge is 0.247 e. The molecule has 0 unspecified atom stereocenters. The molecule has 0 heterocycles. The standard InChI is InChI=1S/C32H41IN2O9/c1-5-6-7-29(38)35(12-10-21-16-23(41-2)8-9-26(21)42-3)25-17-22(32(40)34-11-13-36)18-27(30(25)39)44-31-24(33)14-20(19-37)15-28(31)43-4/h6-9,14-16,18,25,27,30,36-37,39H,5,10-13,17,19H2,1-4H3,(H,34,40)/t25-,27+,30+/m1/s1. The Morgan fingerprint density at radius 3 is 2.48 bits per heavy atom. The Hall–Kier alpha value is -3.33. The van der Waals surface area contributed by atoms with Crippen molar-refractivity contribution in [1.29, 1.82) is 0 Å². The Balaban J connectivity index is 2.04. The number of halogens is 1. The second-order valence-corrected chi connectivity index (χ2v) is 11.2. The number of carbonyl (C=O) groups excluding carboxylic acids is 2. The van der Waals surface area contributed by atoms with Gasteiger partial charge in [-0.05, 0) is 89.0 Å². The SMILES string of the molecule is CCC=CC(=O)N(CCc1cc(OC)ccc1OC)[C@@H]1CC(C(=O)NCCO)=C[C@H](Oc2c(I)cc(CO)cc2OC)[C@H]1O. The third-order valence-corrected chi connectivity index (χ3v) is 8.03. The molecule has 12 heteroatoms. The van der Waals surface area contributed by atoms with E-state index in [-0.39, 0.29) is 38.6 Å². The highest BCUT2D eigenvalue weighted by Gasteiger charge is 2.40. The highest BCUT2D eigenvalue weighted by atomic mass is 127. The van der Waals surface area contributed by atoms with Gasteiger partial charge in [0.25, 0.3) is 0 Å². The Bertz CT molecular complexity index is 1350. The van der Waals surface area contributed by atoms with Crippen LogP contribution in [0.3, 0.4) is 0 Å². The van der Waals surface area contributed by atoms with Gasteiger partial charge in [-0.25, -0.2) is 0 Å². The monoisotopic (exact) mass is 724 g/mol. The number of ether oxygens (including phenoxy) is 4. The second-order valence-electron chi connectivity index (χ2n) is 10.1. The number of hydrogen-bond donors (Lipinski definition) is 4. The number of hydrogen-bond acceptors (Lipinski definition) is 9. The summed E-state index contributed by atoms with van der Waals surface area (Å²) in [4.78, 5) is 28.3. The van der Waals surface area contributed by atoms with Gasteiger partial charge >= 0.3 is 0 Å². The summed E-state index contributed by atoms with van der Waals surface area (Å²) in [6.07, 6.45) is 3.55. The van der Waals surface area contributed by atoms with Gasteiger partial charge in [-0.15, -0.1) is 0 Å². The molecular formula is C32H41IN2O9. The fraction of sp³-hybridized carbons (Fsp3) is 0.438. The lowest BCUT2D eigenvalue weighted by Gasteiger charge is -2.40. The summed E-state index contributed by atoms with van der Waals surface area (Å²) in [5, 5.41) is 33.3. The Morgan fingerprint density at radius 1 is 1.09 bits per heavy atom. The van der Waals surface area contributed by atoms with Crippen LogP contribution in [0.5, 0.6) is 23.0 Å². The van der Waals surface area contributed by atoms with E-state index in [1.807, 2.05) is 13.0 Å². The highest BCUT2D eigenvalue weighted by molar-refractivity contribution is 14.1. The molecule has 3 atom stereocenters. The van der Waals surface area contributed by atoms with E-state index in [0.29, 0.717) is 50.5 Å². The van der Waals surface area contributed by atoms with Gasteiger partial charge in [0.1, 0.15) is 23.7 Å². The van der Waals surface area contributed by atoms with Gasteiger partial charge in [-0.3, -0.25) is 9.59 Å².